The Kier molecular flexibility index (Phi) is 2.95. The highest BCUT2D eigenvalue weighted by atomic mass is 32.1. The molecule has 1 amide bonds. The first-order chi connectivity index (χ1) is 11.8. The molecule has 0 fully saturated rings. The van der Waals surface area contributed by atoms with Crippen molar-refractivity contribution < 1.29 is 4.79 Å². The average Bonchev–Trinajstić information content (AvgIpc) is 3.27. The third-order valence-corrected chi connectivity index (χ3v) is 6.36. The van der Waals surface area contributed by atoms with Crippen LogP contribution < -0.4 is 5.43 Å². The molecule has 0 atom stereocenters. The molecule has 3 aromatic heterocycles. The summed E-state index contributed by atoms with van der Waals surface area (Å²) in [6, 6.07) is 18.0. The molecule has 0 spiro atoms. The number of fused-ring (bicyclic) bond motifs is 4. The molecule has 4 nitrogen and oxygen atoms in total. The number of rotatable bonds is 2. The van der Waals surface area contributed by atoms with E-state index in [4.69, 9.17) is 0 Å². The van der Waals surface area contributed by atoms with E-state index in [0.717, 1.165) is 15.7 Å². The Morgan fingerprint density at radius 2 is 1.83 bits per heavy atom. The highest BCUT2D eigenvalue weighted by Gasteiger charge is 2.15. The zero-order valence-corrected chi connectivity index (χ0v) is 14.0. The lowest BCUT2D eigenvalue weighted by Crippen LogP contribution is -2.21. The van der Waals surface area contributed by atoms with Gasteiger partial charge in [-0.05, 0) is 24.3 Å². The zero-order chi connectivity index (χ0) is 16.1. The Balaban J connectivity index is 1.53. The van der Waals surface area contributed by atoms with E-state index >= 15 is 0 Å². The quantitative estimate of drug-likeness (QED) is 0.495. The molecule has 0 saturated carbocycles. The summed E-state index contributed by atoms with van der Waals surface area (Å²) in [6.45, 7) is 0. The van der Waals surface area contributed by atoms with E-state index in [1.54, 1.807) is 22.3 Å². The molecular formula is C18H11N3OS2. The molecular weight excluding hydrogens is 338 g/mol. The van der Waals surface area contributed by atoms with Crippen molar-refractivity contribution in [3.05, 3.63) is 65.8 Å². The SMILES string of the molecule is O=C(Nn1cnc2ccccc21)c1cc2sc3ccccc3c2s1. The van der Waals surface area contributed by atoms with Gasteiger partial charge in [0.05, 0.1) is 20.6 Å². The third-order valence-electron chi connectivity index (χ3n) is 3.95. The molecule has 5 aromatic rings. The Bertz CT molecular complexity index is 1210. The van der Waals surface area contributed by atoms with Crippen molar-refractivity contribution in [3.8, 4) is 0 Å². The fraction of sp³-hybridized carbons (Fsp3) is 0. The summed E-state index contributed by atoms with van der Waals surface area (Å²) in [7, 11) is 0. The summed E-state index contributed by atoms with van der Waals surface area (Å²) < 4.78 is 5.26. The molecule has 0 aliphatic rings. The number of thiophene rings is 2. The lowest BCUT2D eigenvalue weighted by Gasteiger charge is -2.05. The number of amides is 1. The normalized spacial score (nSPS) is 11.5. The monoisotopic (exact) mass is 349 g/mol. The molecule has 6 heteroatoms. The van der Waals surface area contributed by atoms with Gasteiger partial charge in [0.1, 0.15) is 6.33 Å². The van der Waals surface area contributed by atoms with E-state index in [-0.39, 0.29) is 5.91 Å². The van der Waals surface area contributed by atoms with Gasteiger partial charge >= 0.3 is 0 Å². The molecule has 1 N–H and O–H groups in total. The minimum atomic E-state index is -0.115. The van der Waals surface area contributed by atoms with Crippen LogP contribution in [0.5, 0.6) is 0 Å². The number of hydrogen-bond donors (Lipinski definition) is 1. The maximum absolute atomic E-state index is 12.6. The van der Waals surface area contributed by atoms with Crippen LogP contribution in [0.4, 0.5) is 0 Å². The predicted octanol–water partition coefficient (Wildman–Crippen LogP) is 4.85. The fourth-order valence-electron chi connectivity index (χ4n) is 2.82. The van der Waals surface area contributed by atoms with Gasteiger partial charge in [0, 0.05) is 14.8 Å². The highest BCUT2D eigenvalue weighted by molar-refractivity contribution is 7.33. The smallest absolute Gasteiger partial charge is 0.266 e. The molecule has 2 aromatic carbocycles. The summed E-state index contributed by atoms with van der Waals surface area (Å²) in [5, 5.41) is 1.22. The van der Waals surface area contributed by atoms with Gasteiger partial charge in [-0.1, -0.05) is 30.3 Å². The minimum absolute atomic E-state index is 0.115. The van der Waals surface area contributed by atoms with E-state index in [2.05, 4.69) is 22.5 Å². The van der Waals surface area contributed by atoms with E-state index in [0.29, 0.717) is 4.88 Å². The van der Waals surface area contributed by atoms with Crippen LogP contribution in [0.15, 0.2) is 60.9 Å². The fourth-order valence-corrected chi connectivity index (χ4v) is 5.24. The molecule has 24 heavy (non-hydrogen) atoms. The first-order valence-corrected chi connectivity index (χ1v) is 9.07. The van der Waals surface area contributed by atoms with Crippen molar-refractivity contribution in [2.75, 3.05) is 5.43 Å². The lowest BCUT2D eigenvalue weighted by atomic mass is 10.2. The Hall–Kier alpha value is -2.70. The summed E-state index contributed by atoms with van der Waals surface area (Å²) in [5.41, 5.74) is 4.65. The maximum atomic E-state index is 12.6. The van der Waals surface area contributed by atoms with E-state index in [9.17, 15) is 4.79 Å². The minimum Gasteiger partial charge on any atom is -0.266 e. The lowest BCUT2D eigenvalue weighted by molar-refractivity contribution is 0.101. The van der Waals surface area contributed by atoms with Crippen LogP contribution in [0.2, 0.25) is 0 Å². The van der Waals surface area contributed by atoms with E-state index in [1.807, 2.05) is 42.5 Å². The first-order valence-electron chi connectivity index (χ1n) is 7.44. The van der Waals surface area contributed by atoms with Gasteiger partial charge < -0.3 is 0 Å². The predicted molar refractivity (Wildman–Crippen MR) is 101 cm³/mol. The second-order valence-corrected chi connectivity index (χ2v) is 7.58. The number of carbonyl (C=O) groups is 1. The summed E-state index contributed by atoms with van der Waals surface area (Å²) >= 11 is 3.26. The highest BCUT2D eigenvalue weighted by Crippen LogP contribution is 2.39. The number of imidazole rings is 1. The van der Waals surface area contributed by atoms with Crippen molar-refractivity contribution in [1.29, 1.82) is 0 Å². The van der Waals surface area contributed by atoms with E-state index in [1.165, 1.54) is 26.1 Å². The second kappa shape index (κ2) is 5.15. The third kappa shape index (κ3) is 2.04. The van der Waals surface area contributed by atoms with Crippen molar-refractivity contribution >= 4 is 59.1 Å². The van der Waals surface area contributed by atoms with Crippen molar-refractivity contribution in [2.45, 2.75) is 0 Å². The van der Waals surface area contributed by atoms with Crippen LogP contribution in [-0.4, -0.2) is 15.6 Å². The first kappa shape index (κ1) is 13.7. The second-order valence-electron chi connectivity index (χ2n) is 5.45. The molecule has 0 aliphatic heterocycles. The molecule has 0 saturated heterocycles. The molecule has 0 aliphatic carbocycles. The average molecular weight is 349 g/mol. The van der Waals surface area contributed by atoms with Gasteiger partial charge in [0.2, 0.25) is 0 Å². The maximum Gasteiger partial charge on any atom is 0.280 e. The number of carbonyl (C=O) groups excluding carboxylic acids is 1. The number of nitrogens with one attached hydrogen (secondary N) is 1. The van der Waals surface area contributed by atoms with Crippen LogP contribution in [0, 0.1) is 0 Å². The van der Waals surface area contributed by atoms with Gasteiger partial charge in [-0.25, -0.2) is 9.66 Å². The summed E-state index contributed by atoms with van der Waals surface area (Å²) in [5.74, 6) is -0.115. The van der Waals surface area contributed by atoms with Crippen molar-refractivity contribution in [1.82, 2.24) is 9.66 Å². The van der Waals surface area contributed by atoms with Crippen LogP contribution in [0.3, 0.4) is 0 Å². The van der Waals surface area contributed by atoms with Crippen LogP contribution in [-0.2, 0) is 0 Å². The summed E-state index contributed by atoms with van der Waals surface area (Å²) in [6.07, 6.45) is 1.63. The topological polar surface area (TPSA) is 46.9 Å². The van der Waals surface area contributed by atoms with Gasteiger partial charge in [0.25, 0.3) is 5.91 Å². The molecule has 3 heterocycles. The Labute approximate surface area is 144 Å². The van der Waals surface area contributed by atoms with Crippen LogP contribution in [0.25, 0.3) is 30.5 Å². The molecule has 116 valence electrons. The Morgan fingerprint density at radius 3 is 2.79 bits per heavy atom. The zero-order valence-electron chi connectivity index (χ0n) is 12.4. The van der Waals surface area contributed by atoms with Crippen LogP contribution in [0.1, 0.15) is 9.67 Å². The number of hydrogen-bond acceptors (Lipinski definition) is 4. The molecule has 0 radical (unpaired) electrons. The number of nitrogens with zero attached hydrogens (tertiary/aromatic N) is 2. The van der Waals surface area contributed by atoms with Gasteiger partial charge in [-0.2, -0.15) is 0 Å². The molecule has 5 rings (SSSR count). The molecule has 0 bridgehead atoms. The standard InChI is InChI=1S/C18H11N3OS2/c22-18(20-21-10-19-12-6-2-3-7-13(12)21)16-9-15-17(24-16)11-5-1-4-8-14(11)23-15/h1-10H,(H,20,22). The van der Waals surface area contributed by atoms with Crippen molar-refractivity contribution in [3.63, 3.8) is 0 Å². The number of para-hydroxylation sites is 2. The van der Waals surface area contributed by atoms with Gasteiger partial charge in [-0.15, -0.1) is 22.7 Å². The van der Waals surface area contributed by atoms with Gasteiger partial charge in [0.15, 0.2) is 0 Å². The van der Waals surface area contributed by atoms with Gasteiger partial charge in [-0.3, -0.25) is 10.2 Å². The van der Waals surface area contributed by atoms with Crippen LogP contribution >= 0.6 is 22.7 Å². The number of aromatic nitrogens is 2. The van der Waals surface area contributed by atoms with Crippen molar-refractivity contribution in [2.24, 2.45) is 0 Å². The largest absolute Gasteiger partial charge is 0.280 e. The number of benzene rings is 2. The van der Waals surface area contributed by atoms with E-state index < -0.39 is 0 Å². The molecule has 0 unspecified atom stereocenters. The summed E-state index contributed by atoms with van der Waals surface area (Å²) in [4.78, 5) is 17.6. The Morgan fingerprint density at radius 1 is 1.00 bits per heavy atom.